The first-order valence-corrected chi connectivity index (χ1v) is 9.23. The van der Waals surface area contributed by atoms with E-state index in [1.165, 1.54) is 58.2 Å². The fraction of sp³-hybridized carbons (Fsp3) is 0.261. The molecule has 0 unspecified atom stereocenters. The zero-order valence-corrected chi connectivity index (χ0v) is 14.1. The Labute approximate surface area is 146 Å². The van der Waals surface area contributed by atoms with Crippen molar-refractivity contribution in [3.8, 4) is 5.88 Å². The second-order valence-electron chi connectivity index (χ2n) is 7.60. The minimum atomic E-state index is 0.212. The number of rotatable bonds is 0. The predicted molar refractivity (Wildman–Crippen MR) is 102 cm³/mol. The van der Waals surface area contributed by atoms with Crippen molar-refractivity contribution in [2.75, 3.05) is 6.61 Å². The number of ether oxygens (including phenoxy) is 1. The molecular formula is C23H19NO. The van der Waals surface area contributed by atoms with Crippen molar-refractivity contribution < 1.29 is 4.74 Å². The number of pyridine rings is 1. The summed E-state index contributed by atoms with van der Waals surface area (Å²) < 4.78 is 6.09. The van der Waals surface area contributed by atoms with E-state index in [2.05, 4.69) is 54.6 Å². The summed E-state index contributed by atoms with van der Waals surface area (Å²) in [6, 6.07) is 19.7. The molecule has 0 atom stereocenters. The molecule has 2 heterocycles. The van der Waals surface area contributed by atoms with Gasteiger partial charge in [0.25, 0.3) is 0 Å². The fourth-order valence-electron chi connectivity index (χ4n) is 5.02. The van der Waals surface area contributed by atoms with Gasteiger partial charge in [-0.05, 0) is 35.1 Å². The van der Waals surface area contributed by atoms with Crippen LogP contribution < -0.4 is 4.74 Å². The number of hydrogen-bond donors (Lipinski definition) is 0. The van der Waals surface area contributed by atoms with Gasteiger partial charge in [-0.15, -0.1) is 0 Å². The van der Waals surface area contributed by atoms with Crippen molar-refractivity contribution in [3.05, 3.63) is 60.2 Å². The van der Waals surface area contributed by atoms with Crippen molar-refractivity contribution in [1.82, 2.24) is 4.98 Å². The van der Waals surface area contributed by atoms with Crippen molar-refractivity contribution in [1.29, 1.82) is 0 Å². The molecule has 1 spiro atoms. The van der Waals surface area contributed by atoms with Crippen molar-refractivity contribution in [2.45, 2.75) is 31.1 Å². The van der Waals surface area contributed by atoms with E-state index < -0.39 is 0 Å². The highest BCUT2D eigenvalue weighted by Gasteiger charge is 2.44. The molecule has 1 fully saturated rings. The van der Waals surface area contributed by atoms with E-state index in [0.717, 1.165) is 18.0 Å². The summed E-state index contributed by atoms with van der Waals surface area (Å²) in [7, 11) is 0. The van der Waals surface area contributed by atoms with E-state index in [9.17, 15) is 0 Å². The van der Waals surface area contributed by atoms with Gasteiger partial charge in [-0.3, -0.25) is 0 Å². The van der Waals surface area contributed by atoms with Crippen molar-refractivity contribution in [3.63, 3.8) is 0 Å². The van der Waals surface area contributed by atoms with Gasteiger partial charge in [0.2, 0.25) is 5.88 Å². The molecule has 2 nitrogen and oxygen atoms in total. The summed E-state index contributed by atoms with van der Waals surface area (Å²) in [5, 5.41) is 6.37. The summed E-state index contributed by atoms with van der Waals surface area (Å²) in [6.45, 7) is 0.807. The van der Waals surface area contributed by atoms with E-state index in [-0.39, 0.29) is 5.41 Å². The maximum absolute atomic E-state index is 6.09. The number of benzene rings is 3. The van der Waals surface area contributed by atoms with Crippen LogP contribution in [-0.2, 0) is 5.41 Å². The van der Waals surface area contributed by atoms with Crippen LogP contribution in [0.25, 0.3) is 32.4 Å². The molecule has 1 aliphatic heterocycles. The standard InChI is InChI=1S/C23H19NO/c1-2-9-17-15(7-1)16-8-3-4-10-18(16)21-19(17)13-20-22(24-21)25-14-23(20)11-5-6-12-23/h1-4,7-10,13H,5-6,11-12,14H2. The molecule has 0 N–H and O–H groups in total. The van der Waals surface area contributed by atoms with Crippen molar-refractivity contribution in [2.24, 2.45) is 0 Å². The van der Waals surface area contributed by atoms with Gasteiger partial charge in [0.15, 0.2) is 0 Å². The molecule has 4 aromatic rings. The zero-order valence-electron chi connectivity index (χ0n) is 14.1. The lowest BCUT2D eigenvalue weighted by Gasteiger charge is -2.21. The normalized spacial score (nSPS) is 18.2. The zero-order chi connectivity index (χ0) is 16.4. The number of aromatic nitrogens is 1. The summed E-state index contributed by atoms with van der Waals surface area (Å²) >= 11 is 0. The van der Waals surface area contributed by atoms with E-state index >= 15 is 0 Å². The topological polar surface area (TPSA) is 22.1 Å². The van der Waals surface area contributed by atoms with Crippen LogP contribution in [0, 0.1) is 0 Å². The Kier molecular flexibility index (Phi) is 2.58. The average Bonchev–Trinajstić information content (AvgIpc) is 3.29. The van der Waals surface area contributed by atoms with Gasteiger partial charge in [-0.25, -0.2) is 4.98 Å². The van der Waals surface area contributed by atoms with Gasteiger partial charge in [0.05, 0.1) is 12.1 Å². The molecule has 0 radical (unpaired) electrons. The Bertz CT molecular complexity index is 1150. The summed E-state index contributed by atoms with van der Waals surface area (Å²) in [6.07, 6.45) is 5.08. The molecule has 2 aliphatic rings. The molecule has 1 saturated carbocycles. The molecule has 1 aromatic heterocycles. The average molecular weight is 325 g/mol. The molecule has 122 valence electrons. The number of nitrogens with zero attached hydrogens (tertiary/aromatic N) is 1. The van der Waals surface area contributed by atoms with Crippen LogP contribution in [0.15, 0.2) is 54.6 Å². The first-order chi connectivity index (χ1) is 12.4. The molecule has 0 bridgehead atoms. The summed E-state index contributed by atoms with van der Waals surface area (Å²) in [5.41, 5.74) is 2.63. The maximum atomic E-state index is 6.09. The minimum absolute atomic E-state index is 0.212. The Hall–Kier alpha value is -2.61. The highest BCUT2D eigenvalue weighted by atomic mass is 16.5. The van der Waals surface area contributed by atoms with Gasteiger partial charge in [-0.2, -0.15) is 0 Å². The van der Waals surface area contributed by atoms with Gasteiger partial charge in [0.1, 0.15) is 0 Å². The molecular weight excluding hydrogens is 306 g/mol. The first kappa shape index (κ1) is 13.7. The number of hydrogen-bond acceptors (Lipinski definition) is 2. The van der Waals surface area contributed by atoms with Crippen LogP contribution in [-0.4, -0.2) is 11.6 Å². The Morgan fingerprint density at radius 3 is 2.08 bits per heavy atom. The quantitative estimate of drug-likeness (QED) is 0.384. The van der Waals surface area contributed by atoms with Crippen LogP contribution >= 0.6 is 0 Å². The third-order valence-electron chi connectivity index (χ3n) is 6.29. The van der Waals surface area contributed by atoms with Gasteiger partial charge >= 0.3 is 0 Å². The maximum Gasteiger partial charge on any atom is 0.217 e. The van der Waals surface area contributed by atoms with Crippen LogP contribution in [0.4, 0.5) is 0 Å². The van der Waals surface area contributed by atoms with Crippen LogP contribution in [0.1, 0.15) is 31.2 Å². The second kappa shape index (κ2) is 4.72. The molecule has 3 aromatic carbocycles. The lowest BCUT2D eigenvalue weighted by Crippen LogP contribution is -2.23. The highest BCUT2D eigenvalue weighted by Crippen LogP contribution is 2.50. The van der Waals surface area contributed by atoms with Crippen molar-refractivity contribution >= 4 is 32.4 Å². The minimum Gasteiger partial charge on any atom is -0.476 e. The van der Waals surface area contributed by atoms with Gasteiger partial charge in [-0.1, -0.05) is 61.4 Å². The fourth-order valence-corrected chi connectivity index (χ4v) is 5.02. The first-order valence-electron chi connectivity index (χ1n) is 9.23. The Morgan fingerprint density at radius 1 is 0.760 bits per heavy atom. The lowest BCUT2D eigenvalue weighted by atomic mass is 9.81. The smallest absolute Gasteiger partial charge is 0.217 e. The molecule has 0 saturated heterocycles. The largest absolute Gasteiger partial charge is 0.476 e. The van der Waals surface area contributed by atoms with E-state index in [1.54, 1.807) is 0 Å². The van der Waals surface area contributed by atoms with Crippen LogP contribution in [0.3, 0.4) is 0 Å². The molecule has 0 amide bonds. The number of fused-ring (bicyclic) bond motifs is 8. The third-order valence-corrected chi connectivity index (χ3v) is 6.29. The Morgan fingerprint density at radius 2 is 1.36 bits per heavy atom. The van der Waals surface area contributed by atoms with Crippen LogP contribution in [0.2, 0.25) is 0 Å². The highest BCUT2D eigenvalue weighted by molar-refractivity contribution is 6.24. The SMILES string of the molecule is c1ccc2c(c1)c1ccccc1c1nc3c(cc21)C1(CCCC1)CO3. The molecule has 1 aliphatic carbocycles. The monoisotopic (exact) mass is 325 g/mol. The van der Waals surface area contributed by atoms with Gasteiger partial charge < -0.3 is 4.74 Å². The third kappa shape index (κ3) is 1.72. The van der Waals surface area contributed by atoms with E-state index in [4.69, 9.17) is 9.72 Å². The summed E-state index contributed by atoms with van der Waals surface area (Å²) in [5.74, 6) is 0.870. The molecule has 2 heteroatoms. The second-order valence-corrected chi connectivity index (χ2v) is 7.60. The van der Waals surface area contributed by atoms with E-state index in [0.29, 0.717) is 0 Å². The summed E-state index contributed by atoms with van der Waals surface area (Å²) in [4.78, 5) is 5.03. The Balaban J connectivity index is 1.81. The molecule has 6 rings (SSSR count). The predicted octanol–water partition coefficient (Wildman–Crippen LogP) is 5.75. The lowest BCUT2D eigenvalue weighted by molar-refractivity contribution is 0.262. The molecule has 25 heavy (non-hydrogen) atoms. The van der Waals surface area contributed by atoms with E-state index in [1.807, 2.05) is 0 Å². The van der Waals surface area contributed by atoms with Gasteiger partial charge in [0, 0.05) is 21.8 Å². The van der Waals surface area contributed by atoms with Crippen LogP contribution in [0.5, 0.6) is 5.88 Å².